The number of rotatable bonds is 1. The first-order valence-electron chi connectivity index (χ1n) is 8.71. The molecule has 0 aliphatic carbocycles. The number of aromatic nitrogens is 5. The van der Waals surface area contributed by atoms with E-state index in [1.54, 1.807) is 0 Å². The number of nitrogens with zero attached hydrogens (tertiary/aromatic N) is 5. The van der Waals surface area contributed by atoms with Crippen molar-refractivity contribution >= 4 is 22.2 Å². The molecule has 5 aromatic rings. The van der Waals surface area contributed by atoms with Gasteiger partial charge >= 0.3 is 0 Å². The highest BCUT2D eigenvalue weighted by Crippen LogP contribution is 2.35. The van der Waals surface area contributed by atoms with Crippen LogP contribution >= 0.6 is 0 Å². The van der Waals surface area contributed by atoms with Crippen LogP contribution in [0.4, 0.5) is 0 Å². The van der Waals surface area contributed by atoms with Gasteiger partial charge in [0.2, 0.25) is 11.5 Å². The summed E-state index contributed by atoms with van der Waals surface area (Å²) in [5, 5.41) is 1.17. The van der Waals surface area contributed by atoms with Gasteiger partial charge in [0.05, 0.1) is 24.5 Å². The zero-order chi connectivity index (χ0) is 17.3. The van der Waals surface area contributed by atoms with Crippen LogP contribution in [-0.2, 0) is 13.6 Å². The van der Waals surface area contributed by atoms with Crippen molar-refractivity contribution < 1.29 is 4.57 Å². The summed E-state index contributed by atoms with van der Waals surface area (Å²) in [7, 11) is 2.14. The zero-order valence-electron chi connectivity index (χ0n) is 14.3. The van der Waals surface area contributed by atoms with Crippen molar-refractivity contribution in [3.8, 4) is 17.1 Å². The molecule has 0 N–H and O–H groups in total. The molecule has 124 valence electrons. The number of pyridine rings is 2. The van der Waals surface area contributed by atoms with Gasteiger partial charge < -0.3 is 0 Å². The van der Waals surface area contributed by atoms with Gasteiger partial charge in [-0.1, -0.05) is 18.2 Å². The Morgan fingerprint density at radius 1 is 1.00 bits per heavy atom. The molecule has 0 atom stereocenters. The molecule has 0 bridgehead atoms. The van der Waals surface area contributed by atoms with Gasteiger partial charge in [-0.05, 0) is 30.3 Å². The van der Waals surface area contributed by atoms with E-state index in [4.69, 9.17) is 4.98 Å². The van der Waals surface area contributed by atoms with Crippen molar-refractivity contribution in [2.75, 3.05) is 0 Å². The van der Waals surface area contributed by atoms with Crippen LogP contribution in [0.5, 0.6) is 0 Å². The largest absolute Gasteiger partial charge is 0.276 e. The maximum atomic E-state index is 4.71. The third-order valence-corrected chi connectivity index (χ3v) is 5.33. The molecular weight excluding hydrogens is 322 g/mol. The third-order valence-electron chi connectivity index (χ3n) is 5.33. The maximum absolute atomic E-state index is 4.71. The zero-order valence-corrected chi connectivity index (χ0v) is 14.3. The Morgan fingerprint density at radius 3 is 2.77 bits per heavy atom. The summed E-state index contributed by atoms with van der Waals surface area (Å²) in [6.07, 6.45) is 5.71. The molecule has 1 aliphatic heterocycles. The Balaban J connectivity index is 1.83. The molecule has 6 rings (SSSR count). The van der Waals surface area contributed by atoms with Crippen molar-refractivity contribution in [1.82, 2.24) is 19.1 Å². The molecule has 1 aromatic carbocycles. The molecule has 5 heteroatoms. The lowest BCUT2D eigenvalue weighted by atomic mass is 10.2. The van der Waals surface area contributed by atoms with Crippen LogP contribution < -0.4 is 4.57 Å². The van der Waals surface area contributed by atoms with Crippen LogP contribution in [-0.4, -0.2) is 19.1 Å². The summed E-state index contributed by atoms with van der Waals surface area (Å²) in [6, 6.07) is 16.7. The molecule has 0 spiro atoms. The fourth-order valence-electron chi connectivity index (χ4n) is 4.29. The smallest absolute Gasteiger partial charge is 0.264 e. The molecule has 26 heavy (non-hydrogen) atoms. The van der Waals surface area contributed by atoms with E-state index in [0.717, 1.165) is 17.9 Å². The van der Waals surface area contributed by atoms with Crippen LogP contribution in [0.3, 0.4) is 0 Å². The van der Waals surface area contributed by atoms with Crippen LogP contribution in [0.2, 0.25) is 0 Å². The van der Waals surface area contributed by atoms with Gasteiger partial charge in [0, 0.05) is 24.2 Å². The SMILES string of the molecule is Cn1c2[n+](c3c1c1cccnc1n3-c1ccccc1)Cc1cnccc1-2. The van der Waals surface area contributed by atoms with Crippen molar-refractivity contribution in [3.63, 3.8) is 0 Å². The number of hydrogen-bond acceptors (Lipinski definition) is 2. The number of benzene rings is 1. The molecule has 0 radical (unpaired) electrons. The fourth-order valence-corrected chi connectivity index (χ4v) is 4.29. The Morgan fingerprint density at radius 2 is 1.88 bits per heavy atom. The first-order chi connectivity index (χ1) is 12.8. The maximum Gasteiger partial charge on any atom is 0.276 e. The van der Waals surface area contributed by atoms with Crippen molar-refractivity contribution in [2.24, 2.45) is 7.05 Å². The predicted octanol–water partition coefficient (Wildman–Crippen LogP) is 3.23. The summed E-state index contributed by atoms with van der Waals surface area (Å²) < 4.78 is 6.95. The van der Waals surface area contributed by atoms with Crippen LogP contribution in [0.25, 0.3) is 39.3 Å². The molecule has 4 aromatic heterocycles. The van der Waals surface area contributed by atoms with Gasteiger partial charge in [-0.15, -0.1) is 0 Å². The van der Waals surface area contributed by atoms with Gasteiger partial charge in [0.1, 0.15) is 5.69 Å². The third kappa shape index (κ3) is 1.57. The first-order valence-corrected chi connectivity index (χ1v) is 8.71. The number of fused-ring (bicyclic) bond motifs is 7. The summed E-state index contributed by atoms with van der Waals surface area (Å²) in [6.45, 7) is 0.832. The fraction of sp³-hybridized carbons (Fsp3) is 0.0952. The molecule has 1 aliphatic rings. The molecule has 0 amide bonds. The van der Waals surface area contributed by atoms with E-state index in [-0.39, 0.29) is 0 Å². The lowest BCUT2D eigenvalue weighted by molar-refractivity contribution is -0.648. The van der Waals surface area contributed by atoms with Crippen LogP contribution in [0, 0.1) is 0 Å². The quantitative estimate of drug-likeness (QED) is 0.432. The summed E-state index contributed by atoms with van der Waals surface area (Å²) in [5.41, 5.74) is 7.03. The minimum absolute atomic E-state index is 0.832. The van der Waals surface area contributed by atoms with E-state index < -0.39 is 0 Å². The lowest BCUT2D eigenvalue weighted by Crippen LogP contribution is -2.33. The van der Waals surface area contributed by atoms with Gasteiger partial charge in [0.15, 0.2) is 5.52 Å². The van der Waals surface area contributed by atoms with E-state index in [1.807, 2.05) is 30.7 Å². The number of hydrogen-bond donors (Lipinski definition) is 0. The number of para-hydroxylation sites is 1. The predicted molar refractivity (Wildman–Crippen MR) is 100 cm³/mol. The lowest BCUT2D eigenvalue weighted by Gasteiger charge is -2.02. The van der Waals surface area contributed by atoms with Gasteiger partial charge in [-0.3, -0.25) is 9.55 Å². The summed E-state index contributed by atoms with van der Waals surface area (Å²) in [5.74, 6) is 1.22. The molecule has 5 nitrogen and oxygen atoms in total. The average molecular weight is 338 g/mol. The van der Waals surface area contributed by atoms with Crippen molar-refractivity contribution in [3.05, 3.63) is 72.7 Å². The highest BCUT2D eigenvalue weighted by atomic mass is 15.3. The average Bonchev–Trinajstić information content (AvgIpc) is 3.31. The molecule has 0 saturated heterocycles. The van der Waals surface area contributed by atoms with Gasteiger partial charge in [-0.2, -0.15) is 0 Å². The second-order valence-electron chi connectivity index (χ2n) is 6.72. The van der Waals surface area contributed by atoms with E-state index >= 15 is 0 Å². The van der Waals surface area contributed by atoms with E-state index in [1.165, 1.54) is 33.5 Å². The second kappa shape index (κ2) is 4.79. The Kier molecular flexibility index (Phi) is 2.54. The Bertz CT molecular complexity index is 1310. The highest BCUT2D eigenvalue weighted by Gasteiger charge is 2.36. The monoisotopic (exact) mass is 338 g/mol. The van der Waals surface area contributed by atoms with Crippen LogP contribution in [0.1, 0.15) is 5.56 Å². The molecular formula is C21H16N5+. The Hall–Kier alpha value is -3.47. The topological polar surface area (TPSA) is 39.5 Å². The van der Waals surface area contributed by atoms with E-state index in [0.29, 0.717) is 0 Å². The van der Waals surface area contributed by atoms with Crippen LogP contribution in [0.15, 0.2) is 67.1 Å². The highest BCUT2D eigenvalue weighted by molar-refractivity contribution is 6.04. The molecule has 5 heterocycles. The normalized spacial score (nSPS) is 12.7. The van der Waals surface area contributed by atoms with Gasteiger partial charge in [0.25, 0.3) is 5.65 Å². The molecule has 0 unspecified atom stereocenters. The molecule has 0 fully saturated rings. The van der Waals surface area contributed by atoms with E-state index in [9.17, 15) is 0 Å². The molecule has 0 saturated carbocycles. The number of aryl methyl sites for hydroxylation is 1. The minimum atomic E-state index is 0.832. The summed E-state index contributed by atoms with van der Waals surface area (Å²) in [4.78, 5) is 9.02. The van der Waals surface area contributed by atoms with E-state index in [2.05, 4.69) is 62.1 Å². The van der Waals surface area contributed by atoms with Crippen molar-refractivity contribution in [1.29, 1.82) is 0 Å². The first kappa shape index (κ1) is 13.8. The Labute approximate surface area is 149 Å². The van der Waals surface area contributed by atoms with Gasteiger partial charge in [-0.25, -0.2) is 14.1 Å². The second-order valence-corrected chi connectivity index (χ2v) is 6.72. The number of imidazole rings is 1. The van der Waals surface area contributed by atoms with Crippen molar-refractivity contribution in [2.45, 2.75) is 6.54 Å². The summed E-state index contributed by atoms with van der Waals surface area (Å²) >= 11 is 0. The minimum Gasteiger partial charge on any atom is -0.264 e. The standard InChI is InChI=1S/C21H16N5/c1-24-18-17-8-5-10-23-19(17)26(15-6-3-2-4-7-15)21(18)25-13-14-12-22-11-9-16(14)20(24)25/h2-12H,13H2,1H3/q+1.